The first-order chi connectivity index (χ1) is 11.2. The molecule has 0 spiro atoms. The van der Waals surface area contributed by atoms with E-state index in [0.29, 0.717) is 29.3 Å². The minimum Gasteiger partial charge on any atom is -0.493 e. The molecule has 0 atom stereocenters. The average Bonchev–Trinajstić information content (AvgIpc) is 2.91. The van der Waals surface area contributed by atoms with E-state index in [1.54, 1.807) is 36.5 Å². The molecule has 0 aliphatic rings. The molecule has 116 valence electrons. The standard InChI is InChI=1S/C16H14N4O3/c1-22-14-10-12(11-17)5-6-13(14)23-9-8-20-16(21)19-7-3-2-4-15(19)18-20/h2-7,10H,8-9H2,1H3. The van der Waals surface area contributed by atoms with Crippen LogP contribution >= 0.6 is 0 Å². The van der Waals surface area contributed by atoms with E-state index in [1.807, 2.05) is 12.1 Å². The molecule has 7 heteroatoms. The second kappa shape index (κ2) is 6.23. The third-order valence-electron chi connectivity index (χ3n) is 3.34. The fraction of sp³-hybridized carbons (Fsp3) is 0.188. The summed E-state index contributed by atoms with van der Waals surface area (Å²) in [5.74, 6) is 0.995. The van der Waals surface area contributed by atoms with E-state index in [9.17, 15) is 4.79 Å². The zero-order valence-electron chi connectivity index (χ0n) is 12.5. The molecule has 7 nitrogen and oxygen atoms in total. The summed E-state index contributed by atoms with van der Waals surface area (Å²) in [5.41, 5.74) is 0.871. The molecule has 0 saturated heterocycles. The van der Waals surface area contributed by atoms with Crippen LogP contribution in [-0.4, -0.2) is 27.9 Å². The minimum atomic E-state index is -0.212. The molecular weight excluding hydrogens is 296 g/mol. The number of aromatic nitrogens is 3. The first-order valence-electron chi connectivity index (χ1n) is 6.98. The lowest BCUT2D eigenvalue weighted by Crippen LogP contribution is -2.23. The van der Waals surface area contributed by atoms with Crippen molar-refractivity contribution >= 4 is 5.65 Å². The monoisotopic (exact) mass is 310 g/mol. The molecule has 3 aromatic rings. The van der Waals surface area contributed by atoms with Gasteiger partial charge in [0.15, 0.2) is 17.1 Å². The Morgan fingerprint density at radius 1 is 1.26 bits per heavy atom. The number of hydrogen-bond acceptors (Lipinski definition) is 5. The van der Waals surface area contributed by atoms with Crippen molar-refractivity contribution in [1.29, 1.82) is 5.26 Å². The van der Waals surface area contributed by atoms with E-state index in [1.165, 1.54) is 16.2 Å². The lowest BCUT2D eigenvalue weighted by Gasteiger charge is -2.10. The van der Waals surface area contributed by atoms with Gasteiger partial charge in [-0.3, -0.25) is 4.40 Å². The number of benzene rings is 1. The number of pyridine rings is 1. The first-order valence-corrected chi connectivity index (χ1v) is 6.98. The highest BCUT2D eigenvalue weighted by Crippen LogP contribution is 2.27. The Morgan fingerprint density at radius 2 is 2.13 bits per heavy atom. The third-order valence-corrected chi connectivity index (χ3v) is 3.34. The highest BCUT2D eigenvalue weighted by atomic mass is 16.5. The summed E-state index contributed by atoms with van der Waals surface area (Å²) in [6.45, 7) is 0.565. The topological polar surface area (TPSA) is 81.6 Å². The summed E-state index contributed by atoms with van der Waals surface area (Å²) in [4.78, 5) is 12.1. The predicted molar refractivity (Wildman–Crippen MR) is 82.7 cm³/mol. The Bertz CT molecular complexity index is 936. The SMILES string of the molecule is COc1cc(C#N)ccc1OCCn1nc2ccccn2c1=O. The van der Waals surface area contributed by atoms with E-state index in [-0.39, 0.29) is 12.3 Å². The van der Waals surface area contributed by atoms with Crippen LogP contribution in [0.15, 0.2) is 47.4 Å². The number of methoxy groups -OCH3 is 1. The molecule has 0 N–H and O–H groups in total. The van der Waals surface area contributed by atoms with Crippen LogP contribution in [0.3, 0.4) is 0 Å². The summed E-state index contributed by atoms with van der Waals surface area (Å²) in [7, 11) is 1.51. The van der Waals surface area contributed by atoms with E-state index in [0.717, 1.165) is 0 Å². The van der Waals surface area contributed by atoms with Crippen LogP contribution in [0.2, 0.25) is 0 Å². The van der Waals surface area contributed by atoms with Crippen molar-refractivity contribution in [3.8, 4) is 17.6 Å². The van der Waals surface area contributed by atoms with Gasteiger partial charge in [-0.05, 0) is 24.3 Å². The summed E-state index contributed by atoms with van der Waals surface area (Å²) in [5, 5.41) is 13.1. The van der Waals surface area contributed by atoms with E-state index >= 15 is 0 Å². The van der Waals surface area contributed by atoms with Crippen LogP contribution < -0.4 is 15.2 Å². The van der Waals surface area contributed by atoms with Crippen LogP contribution in [0.1, 0.15) is 5.56 Å². The van der Waals surface area contributed by atoms with Crippen LogP contribution in [0.5, 0.6) is 11.5 Å². The van der Waals surface area contributed by atoms with Gasteiger partial charge in [0.05, 0.1) is 25.3 Å². The molecule has 0 bridgehead atoms. The molecule has 0 amide bonds. The predicted octanol–water partition coefficient (Wildman–Crippen LogP) is 1.46. The molecule has 0 aliphatic carbocycles. The minimum absolute atomic E-state index is 0.212. The molecule has 0 unspecified atom stereocenters. The fourth-order valence-corrected chi connectivity index (χ4v) is 2.21. The number of ether oxygens (including phenoxy) is 2. The zero-order chi connectivity index (χ0) is 16.2. The van der Waals surface area contributed by atoms with Crippen LogP contribution in [0.25, 0.3) is 5.65 Å². The van der Waals surface area contributed by atoms with Crippen molar-refractivity contribution in [1.82, 2.24) is 14.2 Å². The Morgan fingerprint density at radius 3 is 2.87 bits per heavy atom. The molecule has 0 radical (unpaired) electrons. The van der Waals surface area contributed by atoms with Crippen molar-refractivity contribution in [2.24, 2.45) is 0 Å². The highest BCUT2D eigenvalue weighted by Gasteiger charge is 2.08. The molecule has 2 heterocycles. The number of nitriles is 1. The second-order valence-electron chi connectivity index (χ2n) is 4.76. The largest absolute Gasteiger partial charge is 0.493 e. The first kappa shape index (κ1) is 14.7. The molecule has 23 heavy (non-hydrogen) atoms. The van der Waals surface area contributed by atoms with Gasteiger partial charge >= 0.3 is 5.69 Å². The molecular formula is C16H14N4O3. The van der Waals surface area contributed by atoms with E-state index < -0.39 is 0 Å². The van der Waals surface area contributed by atoms with Gasteiger partial charge in [-0.2, -0.15) is 5.26 Å². The normalized spacial score (nSPS) is 10.4. The summed E-state index contributed by atoms with van der Waals surface area (Å²) >= 11 is 0. The summed E-state index contributed by atoms with van der Waals surface area (Å²) < 4.78 is 13.7. The average molecular weight is 310 g/mol. The summed E-state index contributed by atoms with van der Waals surface area (Å²) in [6.07, 6.45) is 1.67. The van der Waals surface area contributed by atoms with E-state index in [4.69, 9.17) is 14.7 Å². The Balaban J connectivity index is 1.73. The van der Waals surface area contributed by atoms with Gasteiger partial charge in [-0.1, -0.05) is 6.07 Å². The Hall–Kier alpha value is -3.27. The van der Waals surface area contributed by atoms with Crippen molar-refractivity contribution in [3.63, 3.8) is 0 Å². The van der Waals surface area contributed by atoms with Crippen LogP contribution in [0.4, 0.5) is 0 Å². The van der Waals surface area contributed by atoms with Crippen LogP contribution in [0, 0.1) is 11.3 Å². The number of rotatable bonds is 5. The van der Waals surface area contributed by atoms with Gasteiger partial charge in [0.2, 0.25) is 0 Å². The van der Waals surface area contributed by atoms with Gasteiger partial charge in [-0.25, -0.2) is 9.48 Å². The molecule has 3 rings (SSSR count). The van der Waals surface area contributed by atoms with Gasteiger partial charge < -0.3 is 9.47 Å². The van der Waals surface area contributed by atoms with Gasteiger partial charge in [-0.15, -0.1) is 5.10 Å². The molecule has 1 aromatic carbocycles. The smallest absolute Gasteiger partial charge is 0.350 e. The van der Waals surface area contributed by atoms with Crippen molar-refractivity contribution in [3.05, 3.63) is 58.6 Å². The van der Waals surface area contributed by atoms with Crippen LogP contribution in [-0.2, 0) is 6.54 Å². The quantitative estimate of drug-likeness (QED) is 0.712. The Labute approximate surface area is 131 Å². The Kier molecular flexibility index (Phi) is 3.97. The molecule has 0 saturated carbocycles. The number of hydrogen-bond donors (Lipinski definition) is 0. The maximum Gasteiger partial charge on any atom is 0.350 e. The summed E-state index contributed by atoms with van der Waals surface area (Å²) in [6, 6.07) is 12.3. The zero-order valence-corrected chi connectivity index (χ0v) is 12.5. The van der Waals surface area contributed by atoms with Gasteiger partial charge in [0.1, 0.15) is 6.61 Å². The highest BCUT2D eigenvalue weighted by molar-refractivity contribution is 5.46. The second-order valence-corrected chi connectivity index (χ2v) is 4.76. The van der Waals surface area contributed by atoms with Crippen molar-refractivity contribution < 1.29 is 9.47 Å². The van der Waals surface area contributed by atoms with E-state index in [2.05, 4.69) is 5.10 Å². The molecule has 0 aliphatic heterocycles. The molecule has 0 fully saturated rings. The maximum atomic E-state index is 12.1. The molecule has 2 aromatic heterocycles. The van der Waals surface area contributed by atoms with Gasteiger partial charge in [0.25, 0.3) is 0 Å². The maximum absolute atomic E-state index is 12.1. The number of fused-ring (bicyclic) bond motifs is 1. The number of nitrogens with zero attached hydrogens (tertiary/aromatic N) is 4. The van der Waals surface area contributed by atoms with Crippen molar-refractivity contribution in [2.45, 2.75) is 6.54 Å². The third kappa shape index (κ3) is 2.87. The van der Waals surface area contributed by atoms with Crippen molar-refractivity contribution in [2.75, 3.05) is 13.7 Å². The lowest BCUT2D eigenvalue weighted by molar-refractivity contribution is 0.272. The fourth-order valence-electron chi connectivity index (χ4n) is 2.21. The van der Waals surface area contributed by atoms with Gasteiger partial charge in [0, 0.05) is 12.3 Å². The lowest BCUT2D eigenvalue weighted by atomic mass is 10.2.